The third-order valence-corrected chi connectivity index (χ3v) is 4.07. The third kappa shape index (κ3) is 3.74. The van der Waals surface area contributed by atoms with Crippen molar-refractivity contribution in [3.05, 3.63) is 52.1 Å². The average molecular weight is 354 g/mol. The van der Waals surface area contributed by atoms with E-state index in [0.29, 0.717) is 11.5 Å². The Kier molecular flexibility index (Phi) is 5.03. The van der Waals surface area contributed by atoms with Crippen LogP contribution in [0.15, 0.2) is 46.0 Å². The van der Waals surface area contributed by atoms with E-state index >= 15 is 0 Å². The molecular formula is C14H12BrNO3S. The minimum absolute atomic E-state index is 0.169. The number of rotatable bonds is 5. The van der Waals surface area contributed by atoms with Crippen LogP contribution in [0.4, 0.5) is 0 Å². The monoisotopic (exact) mass is 353 g/mol. The Labute approximate surface area is 129 Å². The predicted octanol–water partition coefficient (Wildman–Crippen LogP) is 3.84. The van der Waals surface area contributed by atoms with Gasteiger partial charge in [-0.2, -0.15) is 0 Å². The maximum Gasteiger partial charge on any atom is 0.339 e. The van der Waals surface area contributed by atoms with E-state index in [1.54, 1.807) is 36.2 Å². The molecule has 0 aliphatic carbocycles. The molecule has 0 amide bonds. The first-order valence-corrected chi connectivity index (χ1v) is 7.52. The zero-order chi connectivity index (χ0) is 14.5. The number of thioether (sulfide) groups is 1. The number of ether oxygens (including phenoxy) is 1. The van der Waals surface area contributed by atoms with Crippen molar-refractivity contribution in [3.63, 3.8) is 0 Å². The standard InChI is InChI=1S/C14H12BrNO3S/c1-19-12-6-9(2-4-11(12)14(17)18)8-20-13-5-3-10(15)7-16-13/h2-7H,8H2,1H3,(H,17,18). The lowest BCUT2D eigenvalue weighted by molar-refractivity contribution is 0.0693. The lowest BCUT2D eigenvalue weighted by Crippen LogP contribution is -2.00. The number of carboxylic acids is 1. The maximum atomic E-state index is 11.0. The molecule has 2 rings (SSSR count). The second kappa shape index (κ2) is 6.76. The normalized spacial score (nSPS) is 10.3. The fourth-order valence-corrected chi connectivity index (χ4v) is 2.63. The summed E-state index contributed by atoms with van der Waals surface area (Å²) in [5.74, 6) is 0.0836. The molecule has 0 fully saturated rings. The lowest BCUT2D eigenvalue weighted by Gasteiger charge is -2.07. The molecule has 1 heterocycles. The van der Waals surface area contributed by atoms with Crippen LogP contribution in [-0.2, 0) is 5.75 Å². The second-order valence-corrected chi connectivity index (χ2v) is 5.85. The van der Waals surface area contributed by atoms with Gasteiger partial charge in [-0.25, -0.2) is 9.78 Å². The smallest absolute Gasteiger partial charge is 0.339 e. The van der Waals surface area contributed by atoms with Gasteiger partial charge in [0.05, 0.1) is 12.1 Å². The molecule has 1 aromatic heterocycles. The highest BCUT2D eigenvalue weighted by Crippen LogP contribution is 2.26. The molecule has 0 atom stereocenters. The fourth-order valence-electron chi connectivity index (χ4n) is 1.61. The first kappa shape index (κ1) is 14.9. The third-order valence-electron chi connectivity index (χ3n) is 2.58. The van der Waals surface area contributed by atoms with Gasteiger partial charge in [-0.05, 0) is 45.8 Å². The SMILES string of the molecule is COc1cc(CSc2ccc(Br)cn2)ccc1C(=O)O. The molecule has 1 aromatic carbocycles. The van der Waals surface area contributed by atoms with Crippen molar-refractivity contribution in [2.45, 2.75) is 10.8 Å². The molecule has 2 aromatic rings. The fraction of sp³-hybridized carbons (Fsp3) is 0.143. The van der Waals surface area contributed by atoms with Gasteiger partial charge in [0.25, 0.3) is 0 Å². The molecule has 0 aliphatic rings. The van der Waals surface area contributed by atoms with E-state index in [-0.39, 0.29) is 5.56 Å². The molecule has 104 valence electrons. The zero-order valence-corrected chi connectivity index (χ0v) is 13.1. The molecule has 0 radical (unpaired) electrons. The first-order valence-electron chi connectivity index (χ1n) is 5.74. The van der Waals surface area contributed by atoms with Crippen molar-refractivity contribution in [2.24, 2.45) is 0 Å². The minimum atomic E-state index is -0.990. The van der Waals surface area contributed by atoms with Crippen LogP contribution in [0.3, 0.4) is 0 Å². The van der Waals surface area contributed by atoms with Crippen molar-refractivity contribution < 1.29 is 14.6 Å². The quantitative estimate of drug-likeness (QED) is 0.827. The van der Waals surface area contributed by atoms with E-state index in [9.17, 15) is 4.79 Å². The van der Waals surface area contributed by atoms with Gasteiger partial charge in [-0.1, -0.05) is 6.07 Å². The van der Waals surface area contributed by atoms with E-state index in [1.807, 2.05) is 12.1 Å². The summed E-state index contributed by atoms with van der Waals surface area (Å²) in [5.41, 5.74) is 1.16. The number of nitrogens with zero attached hydrogens (tertiary/aromatic N) is 1. The van der Waals surface area contributed by atoms with Gasteiger partial charge in [-0.15, -0.1) is 11.8 Å². The molecule has 0 saturated heterocycles. The molecule has 0 saturated carbocycles. The van der Waals surface area contributed by atoms with Gasteiger partial charge < -0.3 is 9.84 Å². The highest BCUT2D eigenvalue weighted by molar-refractivity contribution is 9.10. The van der Waals surface area contributed by atoms with Crippen LogP contribution in [0.1, 0.15) is 15.9 Å². The van der Waals surface area contributed by atoms with Gasteiger partial charge in [0.15, 0.2) is 0 Å². The Balaban J connectivity index is 2.10. The topological polar surface area (TPSA) is 59.4 Å². The zero-order valence-electron chi connectivity index (χ0n) is 10.7. The van der Waals surface area contributed by atoms with Crippen molar-refractivity contribution in [1.82, 2.24) is 4.98 Å². The molecule has 0 unspecified atom stereocenters. The summed E-state index contributed by atoms with van der Waals surface area (Å²) in [6.07, 6.45) is 1.75. The Morgan fingerprint density at radius 2 is 2.20 bits per heavy atom. The summed E-state index contributed by atoms with van der Waals surface area (Å²) >= 11 is 4.92. The highest BCUT2D eigenvalue weighted by Gasteiger charge is 2.11. The van der Waals surface area contributed by atoms with Crippen LogP contribution in [0.5, 0.6) is 5.75 Å². The van der Waals surface area contributed by atoms with Crippen LogP contribution < -0.4 is 4.74 Å². The number of aromatic carboxylic acids is 1. The van der Waals surface area contributed by atoms with E-state index in [2.05, 4.69) is 20.9 Å². The number of benzene rings is 1. The van der Waals surface area contributed by atoms with Crippen molar-refractivity contribution >= 4 is 33.7 Å². The molecule has 20 heavy (non-hydrogen) atoms. The summed E-state index contributed by atoms with van der Waals surface area (Å²) in [6.45, 7) is 0. The van der Waals surface area contributed by atoms with E-state index in [4.69, 9.17) is 9.84 Å². The van der Waals surface area contributed by atoms with Crippen LogP contribution in [0.25, 0.3) is 0 Å². The molecule has 4 nitrogen and oxygen atoms in total. The number of methoxy groups -OCH3 is 1. The Bertz CT molecular complexity index is 616. The first-order chi connectivity index (χ1) is 9.60. The van der Waals surface area contributed by atoms with Gasteiger partial charge in [0.1, 0.15) is 11.3 Å². The number of carbonyl (C=O) groups is 1. The van der Waals surface area contributed by atoms with E-state index < -0.39 is 5.97 Å². The summed E-state index contributed by atoms with van der Waals surface area (Å²) in [7, 11) is 1.47. The minimum Gasteiger partial charge on any atom is -0.496 e. The number of carboxylic acid groups (broad SMARTS) is 1. The van der Waals surface area contributed by atoms with Gasteiger partial charge in [0.2, 0.25) is 0 Å². The van der Waals surface area contributed by atoms with Crippen molar-refractivity contribution in [1.29, 1.82) is 0 Å². The average Bonchev–Trinajstić information content (AvgIpc) is 2.46. The van der Waals surface area contributed by atoms with Crippen LogP contribution in [0, 0.1) is 0 Å². The molecule has 6 heteroatoms. The Hall–Kier alpha value is -1.53. The van der Waals surface area contributed by atoms with Crippen LogP contribution in [0.2, 0.25) is 0 Å². The van der Waals surface area contributed by atoms with Crippen LogP contribution in [-0.4, -0.2) is 23.2 Å². The number of pyridine rings is 1. The molecular weight excluding hydrogens is 342 g/mol. The Morgan fingerprint density at radius 3 is 2.80 bits per heavy atom. The maximum absolute atomic E-state index is 11.0. The predicted molar refractivity (Wildman–Crippen MR) is 81.5 cm³/mol. The number of hydrogen-bond acceptors (Lipinski definition) is 4. The highest BCUT2D eigenvalue weighted by atomic mass is 79.9. The summed E-state index contributed by atoms with van der Waals surface area (Å²) in [5, 5.41) is 9.93. The summed E-state index contributed by atoms with van der Waals surface area (Å²) in [4.78, 5) is 15.3. The largest absolute Gasteiger partial charge is 0.496 e. The van der Waals surface area contributed by atoms with E-state index in [1.165, 1.54) is 7.11 Å². The molecule has 0 spiro atoms. The Morgan fingerprint density at radius 1 is 1.40 bits per heavy atom. The van der Waals surface area contributed by atoms with Gasteiger partial charge >= 0.3 is 5.97 Å². The summed E-state index contributed by atoms with van der Waals surface area (Å²) < 4.78 is 6.04. The molecule has 1 N–H and O–H groups in total. The number of halogens is 1. The van der Waals surface area contributed by atoms with E-state index in [0.717, 1.165) is 15.1 Å². The second-order valence-electron chi connectivity index (χ2n) is 3.94. The van der Waals surface area contributed by atoms with Crippen molar-refractivity contribution in [3.8, 4) is 5.75 Å². The molecule has 0 aliphatic heterocycles. The molecule has 0 bridgehead atoms. The number of aromatic nitrogens is 1. The van der Waals surface area contributed by atoms with Crippen LogP contribution >= 0.6 is 27.7 Å². The van der Waals surface area contributed by atoms with Crippen molar-refractivity contribution in [2.75, 3.05) is 7.11 Å². The summed E-state index contributed by atoms with van der Waals surface area (Å²) in [6, 6.07) is 8.96. The number of hydrogen-bond donors (Lipinski definition) is 1. The van der Waals surface area contributed by atoms with Gasteiger partial charge in [0, 0.05) is 16.4 Å². The van der Waals surface area contributed by atoms with Gasteiger partial charge in [-0.3, -0.25) is 0 Å². The lowest BCUT2D eigenvalue weighted by atomic mass is 10.1.